The summed E-state index contributed by atoms with van der Waals surface area (Å²) in [6, 6.07) is 1.36. The first-order chi connectivity index (χ1) is 4.42. The third-order valence-electron chi connectivity index (χ3n) is 1.54. The summed E-state index contributed by atoms with van der Waals surface area (Å²) in [7, 11) is 0. The lowest BCUT2D eigenvalue weighted by molar-refractivity contribution is -0.191. The van der Waals surface area contributed by atoms with Crippen LogP contribution in [0.5, 0.6) is 0 Å². The Bertz CT molecular complexity index is 196. The van der Waals surface area contributed by atoms with Crippen LogP contribution < -0.4 is 0 Å². The van der Waals surface area contributed by atoms with Gasteiger partial charge in [-0.05, 0) is 0 Å². The molecule has 1 aliphatic carbocycles. The van der Waals surface area contributed by atoms with Crippen LogP contribution in [-0.2, 0) is 0 Å². The Kier molecular flexibility index (Phi) is 1.37. The molecule has 2 atom stereocenters. The van der Waals surface area contributed by atoms with Gasteiger partial charge in [-0.15, -0.1) is 0 Å². The summed E-state index contributed by atoms with van der Waals surface area (Å²) in [6.07, 6.45) is -0.774. The van der Waals surface area contributed by atoms with Gasteiger partial charge in [0.2, 0.25) is 0 Å². The largest absolute Gasteiger partial charge is 0.298 e. The molecule has 0 aromatic carbocycles. The van der Waals surface area contributed by atoms with Gasteiger partial charge in [0.15, 0.2) is 0 Å². The van der Waals surface area contributed by atoms with Crippen LogP contribution in [0.3, 0.4) is 0 Å². The zero-order valence-corrected chi connectivity index (χ0v) is 5.50. The van der Waals surface area contributed by atoms with Crippen LogP contribution in [0.1, 0.15) is 6.42 Å². The van der Waals surface area contributed by atoms with E-state index in [1.54, 1.807) is 0 Å². The molecule has 0 unspecified atom stereocenters. The average molecular weight is 170 g/mol. The molecule has 0 heterocycles. The number of halogens is 4. The van der Waals surface area contributed by atoms with E-state index in [1.165, 1.54) is 6.07 Å². The average Bonchev–Trinajstić information content (AvgIpc) is 1.83. The zero-order valence-electron chi connectivity index (χ0n) is 4.74. The van der Waals surface area contributed by atoms with Gasteiger partial charge in [0.1, 0.15) is 5.92 Å². The fraction of sp³-hybridized carbons (Fsp3) is 0.800. The van der Waals surface area contributed by atoms with Crippen molar-refractivity contribution in [3.05, 3.63) is 0 Å². The molecule has 5 heteroatoms. The maximum absolute atomic E-state index is 12.4. The Morgan fingerprint density at radius 2 is 2.00 bits per heavy atom. The van der Waals surface area contributed by atoms with Crippen molar-refractivity contribution in [2.75, 3.05) is 0 Å². The minimum Gasteiger partial charge on any atom is -0.218 e. The van der Waals surface area contributed by atoms with Gasteiger partial charge in [0.25, 0.3) is 11.1 Å². The molecule has 56 valence electrons. The fourth-order valence-corrected chi connectivity index (χ4v) is 0.974. The summed E-state index contributed by atoms with van der Waals surface area (Å²) in [5.41, 5.74) is 0. The molecule has 0 bridgehead atoms. The molecule has 0 amide bonds. The van der Waals surface area contributed by atoms with Gasteiger partial charge in [-0.3, -0.25) is 0 Å². The van der Waals surface area contributed by atoms with E-state index in [2.05, 4.69) is 0 Å². The van der Waals surface area contributed by atoms with Gasteiger partial charge >= 0.3 is 0 Å². The normalized spacial score (nSPS) is 43.7. The maximum Gasteiger partial charge on any atom is 0.298 e. The fourth-order valence-electron chi connectivity index (χ4n) is 0.771. The van der Waals surface area contributed by atoms with Gasteiger partial charge in [-0.2, -0.15) is 5.26 Å². The number of nitriles is 1. The van der Waals surface area contributed by atoms with Crippen LogP contribution in [0.15, 0.2) is 0 Å². The Hall–Kier alpha value is -0.430. The first kappa shape index (κ1) is 7.67. The van der Waals surface area contributed by atoms with Gasteiger partial charge in [-0.1, -0.05) is 11.6 Å². The van der Waals surface area contributed by atoms with Crippen molar-refractivity contribution in [3.8, 4) is 6.07 Å². The maximum atomic E-state index is 12.4. The van der Waals surface area contributed by atoms with Crippen molar-refractivity contribution < 1.29 is 13.2 Å². The summed E-state index contributed by atoms with van der Waals surface area (Å²) in [5, 5.41) is 4.91. The van der Waals surface area contributed by atoms with E-state index in [-0.39, 0.29) is 0 Å². The highest BCUT2D eigenvalue weighted by Gasteiger charge is 2.69. The van der Waals surface area contributed by atoms with E-state index in [0.717, 1.165) is 0 Å². The van der Waals surface area contributed by atoms with E-state index in [9.17, 15) is 13.2 Å². The molecule has 0 aromatic rings. The standard InChI is InChI=1S/C5H3ClF3N/c6-5(9)3(2-10)1-4(5,7)8/h3H,1H2/t3-,5-/m0/s1. The Labute approximate surface area is 60.4 Å². The van der Waals surface area contributed by atoms with Crippen LogP contribution >= 0.6 is 11.6 Å². The molecule has 0 aliphatic heterocycles. The van der Waals surface area contributed by atoms with E-state index >= 15 is 0 Å². The number of rotatable bonds is 0. The molecule has 1 fully saturated rings. The van der Waals surface area contributed by atoms with Crippen LogP contribution in [0, 0.1) is 17.2 Å². The van der Waals surface area contributed by atoms with Crippen LogP contribution in [-0.4, -0.2) is 11.1 Å². The van der Waals surface area contributed by atoms with Gasteiger partial charge in [0, 0.05) is 6.42 Å². The monoisotopic (exact) mass is 169 g/mol. The Balaban J connectivity index is 2.77. The molecule has 10 heavy (non-hydrogen) atoms. The smallest absolute Gasteiger partial charge is 0.218 e. The van der Waals surface area contributed by atoms with Gasteiger partial charge < -0.3 is 0 Å². The summed E-state index contributed by atoms with van der Waals surface area (Å²) in [5.74, 6) is -4.90. The van der Waals surface area contributed by atoms with Crippen LogP contribution in [0.2, 0.25) is 0 Å². The highest BCUT2D eigenvalue weighted by Crippen LogP contribution is 2.56. The highest BCUT2D eigenvalue weighted by atomic mass is 35.5. The van der Waals surface area contributed by atoms with Crippen molar-refractivity contribution in [1.29, 1.82) is 5.26 Å². The molecule has 1 aliphatic rings. The molecule has 0 radical (unpaired) electrons. The lowest BCUT2D eigenvalue weighted by Crippen LogP contribution is -2.57. The molecule has 0 aromatic heterocycles. The third-order valence-corrected chi connectivity index (χ3v) is 2.08. The van der Waals surface area contributed by atoms with E-state index in [4.69, 9.17) is 16.9 Å². The first-order valence-electron chi connectivity index (χ1n) is 2.57. The van der Waals surface area contributed by atoms with E-state index in [1.807, 2.05) is 0 Å². The van der Waals surface area contributed by atoms with Gasteiger partial charge in [-0.25, -0.2) is 13.2 Å². The minimum atomic E-state index is -3.53. The van der Waals surface area contributed by atoms with Crippen molar-refractivity contribution in [1.82, 2.24) is 0 Å². The van der Waals surface area contributed by atoms with Crippen LogP contribution in [0.4, 0.5) is 13.2 Å². The van der Waals surface area contributed by atoms with Gasteiger partial charge in [0.05, 0.1) is 6.07 Å². The topological polar surface area (TPSA) is 23.8 Å². The SMILES string of the molecule is N#C[C@@H]1CC(F)(F)[C@]1(F)Cl. The predicted octanol–water partition coefficient (Wildman–Crippen LogP) is 2.07. The molecule has 1 rings (SSSR count). The molecule has 1 saturated carbocycles. The molecule has 0 N–H and O–H groups in total. The number of nitrogens with zero attached hydrogens (tertiary/aromatic N) is 1. The first-order valence-corrected chi connectivity index (χ1v) is 2.95. The third kappa shape index (κ3) is 0.702. The zero-order chi connectivity index (χ0) is 7.99. The molecule has 0 spiro atoms. The Morgan fingerprint density at radius 3 is 2.10 bits per heavy atom. The molecule has 1 nitrogen and oxygen atoms in total. The minimum absolute atomic E-state index is 0.774. The summed E-state index contributed by atoms with van der Waals surface area (Å²) < 4.78 is 36.6. The second kappa shape index (κ2) is 1.79. The van der Waals surface area contributed by atoms with Crippen molar-refractivity contribution in [3.63, 3.8) is 0 Å². The second-order valence-corrected chi connectivity index (χ2v) is 2.76. The summed E-state index contributed by atoms with van der Waals surface area (Å²) in [4.78, 5) is 0. The molecular weight excluding hydrogens is 167 g/mol. The lowest BCUT2D eigenvalue weighted by atomic mass is 9.79. The quantitative estimate of drug-likeness (QED) is 0.510. The number of hydrogen-bond donors (Lipinski definition) is 0. The van der Waals surface area contributed by atoms with E-state index in [0.29, 0.717) is 0 Å². The second-order valence-electron chi connectivity index (χ2n) is 2.21. The Morgan fingerprint density at radius 1 is 1.50 bits per heavy atom. The lowest BCUT2D eigenvalue weighted by Gasteiger charge is -2.41. The van der Waals surface area contributed by atoms with Crippen molar-refractivity contribution in [2.45, 2.75) is 17.5 Å². The van der Waals surface area contributed by atoms with Crippen molar-refractivity contribution in [2.24, 2.45) is 5.92 Å². The summed E-state index contributed by atoms with van der Waals surface area (Å²) in [6.45, 7) is 0. The molecular formula is C5H3ClF3N. The van der Waals surface area contributed by atoms with Crippen LogP contribution in [0.25, 0.3) is 0 Å². The van der Waals surface area contributed by atoms with E-state index < -0.39 is 23.4 Å². The summed E-state index contributed by atoms with van der Waals surface area (Å²) >= 11 is 4.72. The molecule has 0 saturated heterocycles. The highest BCUT2D eigenvalue weighted by molar-refractivity contribution is 6.24. The number of hydrogen-bond acceptors (Lipinski definition) is 1. The number of alkyl halides is 4. The van der Waals surface area contributed by atoms with Crippen molar-refractivity contribution >= 4 is 11.6 Å². The predicted molar refractivity (Wildman–Crippen MR) is 28.4 cm³/mol.